The number of alkyl halides is 2. The van der Waals surface area contributed by atoms with Gasteiger partial charge in [0, 0.05) is 10.4 Å². The number of hydrogen-bond acceptors (Lipinski definition) is 2. The van der Waals surface area contributed by atoms with Gasteiger partial charge < -0.3 is 9.84 Å². The Labute approximate surface area is 150 Å². The van der Waals surface area contributed by atoms with Crippen molar-refractivity contribution in [3.63, 3.8) is 0 Å². The summed E-state index contributed by atoms with van der Waals surface area (Å²) in [5.41, 5.74) is 0.489. The van der Waals surface area contributed by atoms with Gasteiger partial charge in [-0.15, -0.1) is 0 Å². The van der Waals surface area contributed by atoms with Crippen LogP contribution >= 0.6 is 11.6 Å². The molecule has 0 saturated carbocycles. The highest BCUT2D eigenvalue weighted by atomic mass is 35.5. The molecule has 1 unspecified atom stereocenters. The van der Waals surface area contributed by atoms with E-state index in [1.807, 2.05) is 13.8 Å². The summed E-state index contributed by atoms with van der Waals surface area (Å²) >= 11 is 5.90. The standard InChI is InChI=1S/C19H19ClF2O3/c1-19(2,13-7-9-14(20)10-8-13)15(17(23)24)11-12-5-3-4-6-16(12)25-18(21)22/h3-10,15,18H,11H2,1-2H3,(H,23,24). The Morgan fingerprint density at radius 3 is 2.32 bits per heavy atom. The quantitative estimate of drug-likeness (QED) is 0.734. The Balaban J connectivity index is 2.36. The van der Waals surface area contributed by atoms with Crippen molar-refractivity contribution in [2.45, 2.75) is 32.3 Å². The van der Waals surface area contributed by atoms with Crippen molar-refractivity contribution in [1.29, 1.82) is 0 Å². The average Bonchev–Trinajstić information content (AvgIpc) is 2.53. The average molecular weight is 369 g/mol. The first-order valence-electron chi connectivity index (χ1n) is 7.73. The third kappa shape index (κ3) is 4.69. The van der Waals surface area contributed by atoms with Gasteiger partial charge in [-0.3, -0.25) is 4.79 Å². The zero-order valence-electron chi connectivity index (χ0n) is 13.9. The van der Waals surface area contributed by atoms with E-state index in [2.05, 4.69) is 4.74 Å². The van der Waals surface area contributed by atoms with Crippen LogP contribution in [0.5, 0.6) is 5.75 Å². The normalized spacial score (nSPS) is 12.9. The molecule has 0 amide bonds. The summed E-state index contributed by atoms with van der Waals surface area (Å²) in [4.78, 5) is 11.9. The maximum absolute atomic E-state index is 12.6. The van der Waals surface area contributed by atoms with Gasteiger partial charge in [0.1, 0.15) is 5.75 Å². The minimum Gasteiger partial charge on any atom is -0.481 e. The summed E-state index contributed by atoms with van der Waals surface area (Å²) in [6, 6.07) is 13.2. The fourth-order valence-corrected chi connectivity index (χ4v) is 2.96. The van der Waals surface area contributed by atoms with Crippen LogP contribution in [0.3, 0.4) is 0 Å². The minimum atomic E-state index is -2.96. The van der Waals surface area contributed by atoms with Gasteiger partial charge >= 0.3 is 12.6 Å². The van der Waals surface area contributed by atoms with Crippen molar-refractivity contribution in [1.82, 2.24) is 0 Å². The molecule has 0 aromatic heterocycles. The van der Waals surface area contributed by atoms with Crippen LogP contribution in [-0.2, 0) is 16.6 Å². The summed E-state index contributed by atoms with van der Waals surface area (Å²) in [5.74, 6) is -1.85. The van der Waals surface area contributed by atoms with Crippen molar-refractivity contribution in [2.75, 3.05) is 0 Å². The molecule has 0 fully saturated rings. The third-order valence-corrected chi connectivity index (χ3v) is 4.62. The number of benzene rings is 2. The largest absolute Gasteiger partial charge is 0.481 e. The van der Waals surface area contributed by atoms with E-state index in [9.17, 15) is 18.7 Å². The number of hydrogen-bond donors (Lipinski definition) is 1. The number of carboxylic acids is 1. The van der Waals surface area contributed by atoms with Gasteiger partial charge in [0.2, 0.25) is 0 Å². The van der Waals surface area contributed by atoms with Crippen LogP contribution in [0.25, 0.3) is 0 Å². The van der Waals surface area contributed by atoms with Crippen molar-refractivity contribution < 1.29 is 23.4 Å². The van der Waals surface area contributed by atoms with Crippen molar-refractivity contribution in [3.8, 4) is 5.75 Å². The Morgan fingerprint density at radius 2 is 1.76 bits per heavy atom. The van der Waals surface area contributed by atoms with Gasteiger partial charge in [-0.2, -0.15) is 8.78 Å². The third-order valence-electron chi connectivity index (χ3n) is 4.37. The molecule has 1 N–H and O–H groups in total. The molecular weight excluding hydrogens is 350 g/mol. The lowest BCUT2D eigenvalue weighted by Gasteiger charge is -2.32. The van der Waals surface area contributed by atoms with E-state index in [-0.39, 0.29) is 12.2 Å². The minimum absolute atomic E-state index is 0.00402. The molecule has 0 aliphatic heterocycles. The maximum atomic E-state index is 12.6. The van der Waals surface area contributed by atoms with Crippen LogP contribution in [0.15, 0.2) is 48.5 Å². The highest BCUT2D eigenvalue weighted by Crippen LogP contribution is 2.36. The Morgan fingerprint density at radius 1 is 1.16 bits per heavy atom. The SMILES string of the molecule is CC(C)(c1ccc(Cl)cc1)C(Cc1ccccc1OC(F)F)C(=O)O. The number of ether oxygens (including phenoxy) is 1. The molecule has 3 nitrogen and oxygen atoms in total. The first-order chi connectivity index (χ1) is 11.7. The Hall–Kier alpha value is -2.14. The lowest BCUT2D eigenvalue weighted by atomic mass is 9.71. The summed E-state index contributed by atoms with van der Waals surface area (Å²) in [7, 11) is 0. The fraction of sp³-hybridized carbons (Fsp3) is 0.316. The van der Waals surface area contributed by atoms with E-state index in [1.54, 1.807) is 42.5 Å². The molecule has 0 aliphatic rings. The molecule has 2 aromatic carbocycles. The Bertz CT molecular complexity index is 730. The monoisotopic (exact) mass is 368 g/mol. The van der Waals surface area contributed by atoms with Crippen molar-refractivity contribution in [3.05, 3.63) is 64.7 Å². The molecule has 2 aromatic rings. The van der Waals surface area contributed by atoms with E-state index < -0.39 is 23.9 Å². The number of rotatable bonds is 7. The summed E-state index contributed by atoms with van der Waals surface area (Å²) < 4.78 is 29.7. The first kappa shape index (κ1) is 19.2. The zero-order chi connectivity index (χ0) is 18.6. The van der Waals surface area contributed by atoms with Crippen LogP contribution in [0, 0.1) is 5.92 Å². The molecule has 0 bridgehead atoms. The van der Waals surface area contributed by atoms with Gasteiger partial charge in [0.15, 0.2) is 0 Å². The molecule has 6 heteroatoms. The highest BCUT2D eigenvalue weighted by molar-refractivity contribution is 6.30. The molecular formula is C19H19ClF2O3. The lowest BCUT2D eigenvalue weighted by Crippen LogP contribution is -2.36. The molecule has 0 radical (unpaired) electrons. The second-order valence-corrected chi connectivity index (χ2v) is 6.75. The summed E-state index contributed by atoms with van der Waals surface area (Å²) in [6.07, 6.45) is 0.0633. The second kappa shape index (κ2) is 7.83. The summed E-state index contributed by atoms with van der Waals surface area (Å²) in [5, 5.41) is 10.3. The second-order valence-electron chi connectivity index (χ2n) is 6.31. The van der Waals surface area contributed by atoms with Crippen LogP contribution < -0.4 is 4.74 Å². The van der Waals surface area contributed by atoms with Gasteiger partial charge in [0.25, 0.3) is 0 Å². The van der Waals surface area contributed by atoms with Gasteiger partial charge in [0.05, 0.1) is 5.92 Å². The van der Waals surface area contributed by atoms with Crippen molar-refractivity contribution >= 4 is 17.6 Å². The molecule has 134 valence electrons. The lowest BCUT2D eigenvalue weighted by molar-refractivity contribution is -0.144. The van der Waals surface area contributed by atoms with E-state index in [1.165, 1.54) is 6.07 Å². The number of para-hydroxylation sites is 1. The van der Waals surface area contributed by atoms with Gasteiger partial charge in [-0.05, 0) is 35.7 Å². The molecule has 0 heterocycles. The number of aliphatic carboxylic acids is 1. The molecule has 0 spiro atoms. The molecule has 0 aliphatic carbocycles. The predicted octanol–water partition coefficient (Wildman–Crippen LogP) is 5.16. The van der Waals surface area contributed by atoms with Crippen molar-refractivity contribution in [2.24, 2.45) is 5.92 Å². The van der Waals surface area contributed by atoms with E-state index >= 15 is 0 Å². The molecule has 25 heavy (non-hydrogen) atoms. The van der Waals surface area contributed by atoms with Crippen LogP contribution in [0.1, 0.15) is 25.0 Å². The predicted molar refractivity (Wildman–Crippen MR) is 92.4 cm³/mol. The van der Waals surface area contributed by atoms with E-state index in [0.717, 1.165) is 5.56 Å². The van der Waals surface area contributed by atoms with Crippen LogP contribution in [0.2, 0.25) is 5.02 Å². The number of halogens is 3. The number of carboxylic acid groups (broad SMARTS) is 1. The van der Waals surface area contributed by atoms with Gasteiger partial charge in [-0.25, -0.2) is 0 Å². The van der Waals surface area contributed by atoms with Gasteiger partial charge in [-0.1, -0.05) is 55.8 Å². The molecule has 1 atom stereocenters. The maximum Gasteiger partial charge on any atom is 0.387 e. The smallest absolute Gasteiger partial charge is 0.387 e. The summed E-state index contributed by atoms with van der Waals surface area (Å²) in [6.45, 7) is 0.658. The molecule has 0 saturated heterocycles. The van der Waals surface area contributed by atoms with Crippen LogP contribution in [-0.4, -0.2) is 17.7 Å². The zero-order valence-corrected chi connectivity index (χ0v) is 14.6. The molecule has 2 rings (SSSR count). The van der Waals surface area contributed by atoms with E-state index in [0.29, 0.717) is 10.6 Å². The van der Waals surface area contributed by atoms with E-state index in [4.69, 9.17) is 11.6 Å². The van der Waals surface area contributed by atoms with Crippen LogP contribution in [0.4, 0.5) is 8.78 Å². The first-order valence-corrected chi connectivity index (χ1v) is 8.11. The Kier molecular flexibility index (Phi) is 6.01. The number of carbonyl (C=O) groups is 1. The topological polar surface area (TPSA) is 46.5 Å². The highest BCUT2D eigenvalue weighted by Gasteiger charge is 2.37. The fourth-order valence-electron chi connectivity index (χ4n) is 2.84.